The van der Waals surface area contributed by atoms with Gasteiger partial charge in [-0.05, 0) is 62.1 Å². The summed E-state index contributed by atoms with van der Waals surface area (Å²) in [5.41, 5.74) is 4.47. The van der Waals surface area contributed by atoms with Gasteiger partial charge in [-0.2, -0.15) is 0 Å². The van der Waals surface area contributed by atoms with Crippen LogP contribution in [-0.4, -0.2) is 49.2 Å². The second-order valence-corrected chi connectivity index (χ2v) is 11.0. The lowest BCUT2D eigenvalue weighted by atomic mass is 9.59. The van der Waals surface area contributed by atoms with Crippen LogP contribution in [0.25, 0.3) is 0 Å². The lowest BCUT2D eigenvalue weighted by molar-refractivity contribution is -0.145. The minimum atomic E-state index is -0.00565. The van der Waals surface area contributed by atoms with Crippen LogP contribution in [-0.2, 0) is 9.53 Å². The van der Waals surface area contributed by atoms with Gasteiger partial charge < -0.3 is 9.64 Å². The molecule has 4 aliphatic rings. The van der Waals surface area contributed by atoms with Gasteiger partial charge in [-0.1, -0.05) is 44.1 Å². The topological polar surface area (TPSA) is 32.8 Å². The van der Waals surface area contributed by atoms with E-state index in [1.54, 1.807) is 5.57 Å². The lowest BCUT2D eigenvalue weighted by Gasteiger charge is -2.46. The normalized spacial score (nSPS) is 38.3. The van der Waals surface area contributed by atoms with Gasteiger partial charge in [-0.3, -0.25) is 9.69 Å². The van der Waals surface area contributed by atoms with Crippen molar-refractivity contribution >= 4 is 11.7 Å². The van der Waals surface area contributed by atoms with Crippen molar-refractivity contribution < 1.29 is 9.53 Å². The Balaban J connectivity index is 1.29. The molecule has 0 bridgehead atoms. The van der Waals surface area contributed by atoms with Crippen molar-refractivity contribution in [2.24, 2.45) is 23.2 Å². The summed E-state index contributed by atoms with van der Waals surface area (Å²) in [6, 6.07) is 9.24. The minimum absolute atomic E-state index is 0.00565. The number of carbonyl (C=O) groups excluding carboxylic acids is 1. The second kappa shape index (κ2) is 7.95. The molecule has 4 nitrogen and oxygen atoms in total. The van der Waals surface area contributed by atoms with E-state index in [0.717, 1.165) is 32.6 Å². The molecule has 31 heavy (non-hydrogen) atoms. The molecule has 1 aromatic carbocycles. The first-order valence-corrected chi connectivity index (χ1v) is 12.3. The molecule has 2 heterocycles. The first kappa shape index (κ1) is 21.1. The van der Waals surface area contributed by atoms with E-state index >= 15 is 0 Å². The third-order valence-electron chi connectivity index (χ3n) is 8.58. The molecule has 1 aromatic rings. The van der Waals surface area contributed by atoms with E-state index in [-0.39, 0.29) is 29.3 Å². The Morgan fingerprint density at radius 3 is 2.84 bits per heavy atom. The fraction of sp³-hybridized carbons (Fsp3) is 0.667. The van der Waals surface area contributed by atoms with E-state index in [0.29, 0.717) is 12.0 Å². The van der Waals surface area contributed by atoms with E-state index < -0.39 is 0 Å². The largest absolute Gasteiger partial charge is 0.461 e. The van der Waals surface area contributed by atoms with Crippen LogP contribution in [0, 0.1) is 30.1 Å². The Morgan fingerprint density at radius 1 is 1.23 bits per heavy atom. The van der Waals surface area contributed by atoms with Crippen LogP contribution in [0.2, 0.25) is 0 Å². The van der Waals surface area contributed by atoms with Crippen molar-refractivity contribution in [1.29, 1.82) is 0 Å². The monoisotopic (exact) mass is 422 g/mol. The van der Waals surface area contributed by atoms with Crippen LogP contribution in [0.1, 0.15) is 52.0 Å². The molecule has 0 aromatic heterocycles. The van der Waals surface area contributed by atoms with Crippen LogP contribution in [0.4, 0.5) is 5.69 Å². The van der Waals surface area contributed by atoms with Crippen molar-refractivity contribution in [3.05, 3.63) is 41.5 Å². The number of piperazine rings is 1. The third kappa shape index (κ3) is 3.82. The van der Waals surface area contributed by atoms with Gasteiger partial charge in [0.25, 0.3) is 0 Å². The van der Waals surface area contributed by atoms with Gasteiger partial charge in [-0.15, -0.1) is 0 Å². The van der Waals surface area contributed by atoms with Crippen LogP contribution < -0.4 is 4.90 Å². The van der Waals surface area contributed by atoms with Crippen molar-refractivity contribution in [3.63, 3.8) is 0 Å². The average molecular weight is 423 g/mol. The molecule has 0 spiro atoms. The molecule has 5 rings (SSSR count). The van der Waals surface area contributed by atoms with E-state index in [9.17, 15) is 4.79 Å². The number of hydrogen-bond donors (Lipinski definition) is 0. The van der Waals surface area contributed by atoms with Gasteiger partial charge in [0.1, 0.15) is 6.10 Å². The summed E-state index contributed by atoms with van der Waals surface area (Å²) < 4.78 is 5.98. The number of benzene rings is 1. The predicted octanol–water partition coefficient (Wildman–Crippen LogP) is 4.82. The number of esters is 1. The number of carbonyl (C=O) groups is 1. The number of allylic oxidation sites excluding steroid dienone is 1. The number of ether oxygens (including phenoxy) is 1. The maximum atomic E-state index is 12.9. The smallest absolute Gasteiger partial charge is 0.311 e. The highest BCUT2D eigenvalue weighted by atomic mass is 16.6. The zero-order valence-electron chi connectivity index (χ0n) is 19.6. The zero-order valence-corrected chi connectivity index (χ0v) is 19.6. The molecule has 168 valence electrons. The van der Waals surface area contributed by atoms with E-state index in [1.165, 1.54) is 30.5 Å². The minimum Gasteiger partial charge on any atom is -0.461 e. The molecular weight excluding hydrogens is 384 g/mol. The Hall–Kier alpha value is -1.81. The molecule has 0 N–H and O–H groups in total. The van der Waals surface area contributed by atoms with Gasteiger partial charge in [0.05, 0.1) is 5.92 Å². The third-order valence-corrected chi connectivity index (χ3v) is 8.58. The molecule has 4 heteroatoms. The average Bonchev–Trinajstić information content (AvgIpc) is 3.00. The van der Waals surface area contributed by atoms with Crippen LogP contribution in [0.5, 0.6) is 0 Å². The Bertz CT molecular complexity index is 880. The summed E-state index contributed by atoms with van der Waals surface area (Å²) in [4.78, 5) is 17.9. The Labute approximate surface area is 187 Å². The highest BCUT2D eigenvalue weighted by Gasteiger charge is 2.52. The fourth-order valence-electron chi connectivity index (χ4n) is 6.93. The standard InChI is InChI=1S/C27H38N2O2/c1-18-7-5-9-21(13-18)29-12-11-28(16-20(29)3)17-23-22-14-24-19(2)8-6-10-27(24,4)15-25(22)31-26(23)30/h5,7,9,13-14,19-20,22-23,25H,6,8,10-12,15-17H2,1-4H3/t19-,20?,22+,23?,25+,27+/m0/s1. The summed E-state index contributed by atoms with van der Waals surface area (Å²) in [5.74, 6) is 0.944. The fourth-order valence-corrected chi connectivity index (χ4v) is 6.93. The van der Waals surface area contributed by atoms with Crippen molar-refractivity contribution in [2.75, 3.05) is 31.1 Å². The van der Waals surface area contributed by atoms with Crippen molar-refractivity contribution in [1.82, 2.24) is 4.90 Å². The Kier molecular flexibility index (Phi) is 5.40. The summed E-state index contributed by atoms with van der Waals surface area (Å²) >= 11 is 0. The number of rotatable bonds is 3. The number of nitrogens with zero attached hydrogens (tertiary/aromatic N) is 2. The van der Waals surface area contributed by atoms with E-state index in [1.807, 2.05) is 0 Å². The number of fused-ring (bicyclic) bond motifs is 2. The maximum Gasteiger partial charge on any atom is 0.311 e. The SMILES string of the molecule is Cc1cccc(N2CCN(CC3C(=O)O[C@@H]4C[C@@]5(C)CCC[C@H](C)C5=C[C@H]34)CC2C)c1. The molecule has 2 aliphatic heterocycles. The van der Waals surface area contributed by atoms with Crippen molar-refractivity contribution in [3.8, 4) is 0 Å². The van der Waals surface area contributed by atoms with E-state index in [2.05, 4.69) is 67.8 Å². The molecule has 2 saturated heterocycles. The zero-order chi connectivity index (χ0) is 21.8. The molecule has 3 fully saturated rings. The van der Waals surface area contributed by atoms with Gasteiger partial charge in [0.2, 0.25) is 0 Å². The summed E-state index contributed by atoms with van der Waals surface area (Å²) in [5, 5.41) is 0. The first-order valence-electron chi connectivity index (χ1n) is 12.3. The highest BCUT2D eigenvalue weighted by Crippen LogP contribution is 2.54. The molecule has 2 aliphatic carbocycles. The molecular formula is C27H38N2O2. The molecule has 1 saturated carbocycles. The quantitative estimate of drug-likeness (QED) is 0.516. The number of aryl methyl sites for hydroxylation is 1. The second-order valence-electron chi connectivity index (χ2n) is 11.0. The summed E-state index contributed by atoms with van der Waals surface area (Å²) in [6.07, 6.45) is 7.42. The molecule has 0 amide bonds. The highest BCUT2D eigenvalue weighted by molar-refractivity contribution is 5.76. The Morgan fingerprint density at radius 2 is 2.06 bits per heavy atom. The first-order chi connectivity index (χ1) is 14.8. The summed E-state index contributed by atoms with van der Waals surface area (Å²) in [6.45, 7) is 13.1. The molecule has 6 atom stereocenters. The summed E-state index contributed by atoms with van der Waals surface area (Å²) in [7, 11) is 0. The van der Waals surface area contributed by atoms with Crippen LogP contribution in [0.3, 0.4) is 0 Å². The van der Waals surface area contributed by atoms with E-state index in [4.69, 9.17) is 4.74 Å². The van der Waals surface area contributed by atoms with Gasteiger partial charge >= 0.3 is 5.97 Å². The van der Waals surface area contributed by atoms with Gasteiger partial charge in [-0.25, -0.2) is 0 Å². The van der Waals surface area contributed by atoms with Gasteiger partial charge in [0.15, 0.2) is 0 Å². The molecule has 2 unspecified atom stereocenters. The van der Waals surface area contributed by atoms with Gasteiger partial charge in [0, 0.05) is 43.8 Å². The van der Waals surface area contributed by atoms with Crippen molar-refractivity contribution in [2.45, 2.75) is 65.5 Å². The lowest BCUT2D eigenvalue weighted by Crippen LogP contribution is -2.53. The number of anilines is 1. The maximum absolute atomic E-state index is 12.9. The molecule has 0 radical (unpaired) electrons. The predicted molar refractivity (Wildman–Crippen MR) is 125 cm³/mol. The van der Waals surface area contributed by atoms with Crippen LogP contribution >= 0.6 is 0 Å². The van der Waals surface area contributed by atoms with Crippen LogP contribution in [0.15, 0.2) is 35.9 Å². The number of hydrogen-bond acceptors (Lipinski definition) is 4.